The van der Waals surface area contributed by atoms with Gasteiger partial charge in [-0.2, -0.15) is 5.10 Å². The number of benzene rings is 1. The summed E-state index contributed by atoms with van der Waals surface area (Å²) < 4.78 is 16.0. The zero-order chi connectivity index (χ0) is 28.6. The molecule has 0 unspecified atom stereocenters. The van der Waals surface area contributed by atoms with Crippen LogP contribution in [0.3, 0.4) is 0 Å². The van der Waals surface area contributed by atoms with Crippen molar-refractivity contribution in [3.63, 3.8) is 0 Å². The Hall–Kier alpha value is -3.16. The Balaban J connectivity index is 2.13. The van der Waals surface area contributed by atoms with Crippen LogP contribution >= 0.6 is 11.6 Å². The molecule has 3 aromatic heterocycles. The van der Waals surface area contributed by atoms with E-state index in [4.69, 9.17) is 26.1 Å². The van der Waals surface area contributed by atoms with Crippen LogP contribution in [0.2, 0.25) is 5.02 Å². The minimum absolute atomic E-state index is 0.240. The monoisotopic (exact) mass is 550 g/mol. The first-order valence-corrected chi connectivity index (χ1v) is 13.8. The summed E-state index contributed by atoms with van der Waals surface area (Å²) >= 11 is 6.30. The summed E-state index contributed by atoms with van der Waals surface area (Å²) in [5, 5.41) is 6.02. The molecule has 0 spiro atoms. The van der Waals surface area contributed by atoms with Gasteiger partial charge in [-0.15, -0.1) is 0 Å². The number of hydrogen-bond acceptors (Lipinski definition) is 5. The van der Waals surface area contributed by atoms with Crippen LogP contribution in [-0.2, 0) is 27.9 Å². The fourth-order valence-corrected chi connectivity index (χ4v) is 5.50. The molecule has 0 aliphatic heterocycles. The second-order valence-corrected chi connectivity index (χ2v) is 11.8. The highest BCUT2D eigenvalue weighted by Gasteiger charge is 2.35. The Morgan fingerprint density at radius 2 is 1.79 bits per heavy atom. The molecule has 4 aromatic rings. The van der Waals surface area contributed by atoms with Gasteiger partial charge in [0.25, 0.3) is 0 Å². The Labute approximate surface area is 236 Å². The van der Waals surface area contributed by atoms with Gasteiger partial charge >= 0.3 is 5.97 Å². The standard InChI is InChI=1S/C31H39ClN4O3/c1-10-38-30(37)28(39-31(6,7)8)25-20(5)34-29-24(26(25)22-11-13-23(32)14-12-22)19(4)27(18(2)3)36(29)17-21-15-33-35(9)16-21/h11-16,18,28H,10,17H2,1-9H3/t28-/m1/s1. The normalized spacial score (nSPS) is 12.9. The van der Waals surface area contributed by atoms with Crippen molar-refractivity contribution in [3.8, 4) is 11.1 Å². The number of carbonyl (C=O) groups is 1. The van der Waals surface area contributed by atoms with Crippen molar-refractivity contribution in [1.82, 2.24) is 19.3 Å². The number of fused-ring (bicyclic) bond motifs is 1. The predicted molar refractivity (Wildman–Crippen MR) is 156 cm³/mol. The van der Waals surface area contributed by atoms with E-state index in [0.29, 0.717) is 11.6 Å². The highest BCUT2D eigenvalue weighted by molar-refractivity contribution is 6.30. The molecule has 0 N–H and O–H groups in total. The van der Waals surface area contributed by atoms with E-state index in [9.17, 15) is 4.79 Å². The molecule has 0 aliphatic carbocycles. The molecule has 0 saturated heterocycles. The molecule has 4 rings (SSSR count). The third-order valence-corrected chi connectivity index (χ3v) is 6.98. The van der Waals surface area contributed by atoms with Gasteiger partial charge in [-0.25, -0.2) is 9.78 Å². The van der Waals surface area contributed by atoms with Gasteiger partial charge in [0, 0.05) is 51.7 Å². The smallest absolute Gasteiger partial charge is 0.340 e. The van der Waals surface area contributed by atoms with Crippen molar-refractivity contribution in [2.45, 2.75) is 79.6 Å². The van der Waals surface area contributed by atoms with Gasteiger partial charge in [0.15, 0.2) is 6.10 Å². The zero-order valence-electron chi connectivity index (χ0n) is 24.4. The fraction of sp³-hybridized carbons (Fsp3) is 0.452. The largest absolute Gasteiger partial charge is 0.464 e. The molecule has 7 nitrogen and oxygen atoms in total. The number of pyridine rings is 1. The van der Waals surface area contributed by atoms with E-state index in [0.717, 1.165) is 44.5 Å². The van der Waals surface area contributed by atoms with Gasteiger partial charge in [0.2, 0.25) is 0 Å². The molecular weight excluding hydrogens is 512 g/mol. The lowest BCUT2D eigenvalue weighted by Crippen LogP contribution is -2.30. The van der Waals surface area contributed by atoms with Crippen LogP contribution in [0.4, 0.5) is 0 Å². The first kappa shape index (κ1) is 28.8. The second kappa shape index (κ2) is 11.1. The molecule has 0 saturated carbocycles. The summed E-state index contributed by atoms with van der Waals surface area (Å²) in [6.07, 6.45) is 2.97. The highest BCUT2D eigenvalue weighted by atomic mass is 35.5. The van der Waals surface area contributed by atoms with Crippen LogP contribution in [0, 0.1) is 13.8 Å². The van der Waals surface area contributed by atoms with Crippen LogP contribution in [0.5, 0.6) is 0 Å². The number of nitrogens with zero attached hydrogens (tertiary/aromatic N) is 4. The van der Waals surface area contributed by atoms with E-state index in [1.54, 1.807) is 6.92 Å². The molecule has 0 fully saturated rings. The zero-order valence-corrected chi connectivity index (χ0v) is 25.2. The van der Waals surface area contributed by atoms with E-state index in [1.165, 1.54) is 5.69 Å². The topological polar surface area (TPSA) is 71.2 Å². The molecule has 1 atom stereocenters. The van der Waals surface area contributed by atoms with E-state index in [-0.39, 0.29) is 12.5 Å². The van der Waals surface area contributed by atoms with E-state index in [2.05, 4.69) is 30.4 Å². The van der Waals surface area contributed by atoms with Crippen LogP contribution in [0.1, 0.15) is 81.6 Å². The maximum atomic E-state index is 13.4. The summed E-state index contributed by atoms with van der Waals surface area (Å²) in [6, 6.07) is 7.73. The Kier molecular flexibility index (Phi) is 8.24. The lowest BCUT2D eigenvalue weighted by Gasteiger charge is -2.29. The summed E-state index contributed by atoms with van der Waals surface area (Å²) in [5.74, 6) is -0.187. The van der Waals surface area contributed by atoms with E-state index >= 15 is 0 Å². The Morgan fingerprint density at radius 3 is 2.33 bits per heavy atom. The average Bonchev–Trinajstić information content (AvgIpc) is 3.37. The maximum absolute atomic E-state index is 13.4. The number of aryl methyl sites for hydroxylation is 3. The fourth-order valence-electron chi connectivity index (χ4n) is 5.37. The molecule has 208 valence electrons. The average molecular weight is 551 g/mol. The second-order valence-electron chi connectivity index (χ2n) is 11.3. The van der Waals surface area contributed by atoms with Gasteiger partial charge in [-0.05, 0) is 70.7 Å². The molecule has 1 aromatic carbocycles. The third kappa shape index (κ3) is 5.89. The SMILES string of the molecule is CCOC(=O)[C@H](OC(C)(C)C)c1c(C)nc2c(c(C)c(C(C)C)n2Cc2cnn(C)c2)c1-c1ccc(Cl)cc1. The number of halogens is 1. The van der Waals surface area contributed by atoms with Crippen molar-refractivity contribution in [3.05, 3.63) is 69.8 Å². The summed E-state index contributed by atoms with van der Waals surface area (Å²) in [5.41, 5.74) is 6.97. The minimum atomic E-state index is -0.948. The van der Waals surface area contributed by atoms with Crippen molar-refractivity contribution in [2.24, 2.45) is 7.05 Å². The summed E-state index contributed by atoms with van der Waals surface area (Å²) in [4.78, 5) is 18.6. The van der Waals surface area contributed by atoms with Crippen LogP contribution in [0.25, 0.3) is 22.2 Å². The number of hydrogen-bond donors (Lipinski definition) is 0. The van der Waals surface area contributed by atoms with Gasteiger partial charge in [-0.3, -0.25) is 4.68 Å². The molecule has 0 amide bonds. The number of rotatable bonds is 8. The van der Waals surface area contributed by atoms with E-state index < -0.39 is 17.7 Å². The predicted octanol–water partition coefficient (Wildman–Crippen LogP) is 7.30. The van der Waals surface area contributed by atoms with Crippen LogP contribution in [0.15, 0.2) is 36.7 Å². The number of aromatic nitrogens is 4. The summed E-state index contributed by atoms with van der Waals surface area (Å²) in [6.45, 7) is 17.0. The first-order valence-electron chi connectivity index (χ1n) is 13.4. The van der Waals surface area contributed by atoms with Gasteiger partial charge in [0.1, 0.15) is 5.65 Å². The molecule has 0 bridgehead atoms. The Bertz CT molecular complexity index is 1490. The maximum Gasteiger partial charge on any atom is 0.340 e. The quantitative estimate of drug-likeness (QED) is 0.215. The molecule has 39 heavy (non-hydrogen) atoms. The van der Waals surface area contributed by atoms with Crippen LogP contribution in [-0.4, -0.2) is 37.5 Å². The third-order valence-electron chi connectivity index (χ3n) is 6.73. The number of carbonyl (C=O) groups excluding carboxylic acids is 1. The Morgan fingerprint density at radius 1 is 1.13 bits per heavy atom. The molecule has 8 heteroatoms. The highest BCUT2D eigenvalue weighted by Crippen LogP contribution is 2.44. The molecular formula is C31H39ClN4O3. The van der Waals surface area contributed by atoms with Crippen molar-refractivity contribution in [1.29, 1.82) is 0 Å². The van der Waals surface area contributed by atoms with Gasteiger partial charge in [0.05, 0.1) is 24.9 Å². The van der Waals surface area contributed by atoms with Crippen molar-refractivity contribution >= 4 is 28.6 Å². The summed E-state index contributed by atoms with van der Waals surface area (Å²) in [7, 11) is 1.92. The first-order chi connectivity index (χ1) is 18.3. The van der Waals surface area contributed by atoms with E-state index in [1.807, 2.05) is 76.1 Å². The van der Waals surface area contributed by atoms with Crippen LogP contribution < -0.4 is 0 Å². The molecule has 3 heterocycles. The van der Waals surface area contributed by atoms with Gasteiger partial charge < -0.3 is 14.0 Å². The number of ether oxygens (including phenoxy) is 2. The molecule has 0 radical (unpaired) electrons. The van der Waals surface area contributed by atoms with Gasteiger partial charge in [-0.1, -0.05) is 37.6 Å². The minimum Gasteiger partial charge on any atom is -0.464 e. The number of esters is 1. The molecule has 0 aliphatic rings. The van der Waals surface area contributed by atoms with Crippen molar-refractivity contribution in [2.75, 3.05) is 6.61 Å². The van der Waals surface area contributed by atoms with Crippen molar-refractivity contribution < 1.29 is 14.3 Å². The lowest BCUT2D eigenvalue weighted by molar-refractivity contribution is -0.166. The lowest BCUT2D eigenvalue weighted by atomic mass is 9.90.